The molecular weight excluding hydrogens is 252 g/mol. The van der Waals surface area contributed by atoms with E-state index >= 15 is 0 Å². The number of ketones is 1. The Labute approximate surface area is 110 Å². The van der Waals surface area contributed by atoms with E-state index < -0.39 is 11.6 Å². The van der Waals surface area contributed by atoms with Crippen molar-refractivity contribution in [2.45, 2.75) is 31.7 Å². The first-order chi connectivity index (χ1) is 9.16. The molecule has 1 aromatic rings. The van der Waals surface area contributed by atoms with E-state index in [0.29, 0.717) is 31.7 Å². The molecular formula is C14H15F2NO2. The number of anilines is 1. The monoisotopic (exact) mass is 267 g/mol. The van der Waals surface area contributed by atoms with Crippen LogP contribution >= 0.6 is 0 Å². The van der Waals surface area contributed by atoms with Crippen molar-refractivity contribution in [1.29, 1.82) is 0 Å². The van der Waals surface area contributed by atoms with E-state index in [1.807, 2.05) is 4.90 Å². The molecule has 102 valence electrons. The normalized spacial score (nSPS) is 20.1. The smallest absolute Gasteiger partial charge is 0.202 e. The number of carbonyl (C=O) groups excluding carboxylic acids is 1. The fraction of sp³-hybridized carbons (Fsp3) is 0.500. The highest BCUT2D eigenvalue weighted by Crippen LogP contribution is 2.38. The largest absolute Gasteiger partial charge is 0.486 e. The van der Waals surface area contributed by atoms with Crippen LogP contribution in [0, 0.1) is 11.6 Å². The molecule has 1 aliphatic carbocycles. The summed E-state index contributed by atoms with van der Waals surface area (Å²) in [6.45, 7) is 0.995. The Morgan fingerprint density at radius 1 is 1.21 bits per heavy atom. The molecule has 0 N–H and O–H groups in total. The van der Waals surface area contributed by atoms with Crippen molar-refractivity contribution < 1.29 is 18.3 Å². The summed E-state index contributed by atoms with van der Waals surface area (Å²) in [4.78, 5) is 13.3. The van der Waals surface area contributed by atoms with Gasteiger partial charge in [-0.3, -0.25) is 4.79 Å². The van der Waals surface area contributed by atoms with Gasteiger partial charge in [-0.2, -0.15) is 4.39 Å². The zero-order valence-electron chi connectivity index (χ0n) is 10.5. The lowest BCUT2D eigenvalue weighted by atomic mass is 9.92. The van der Waals surface area contributed by atoms with Crippen molar-refractivity contribution in [3.8, 4) is 5.75 Å². The fourth-order valence-corrected chi connectivity index (χ4v) is 2.87. The Kier molecular flexibility index (Phi) is 3.12. The lowest BCUT2D eigenvalue weighted by Gasteiger charge is -2.39. The van der Waals surface area contributed by atoms with Crippen molar-refractivity contribution in [2.24, 2.45) is 0 Å². The van der Waals surface area contributed by atoms with Gasteiger partial charge in [0.05, 0.1) is 12.2 Å². The molecule has 0 spiro atoms. The second kappa shape index (κ2) is 4.79. The lowest BCUT2D eigenvalue weighted by Crippen LogP contribution is -2.43. The summed E-state index contributed by atoms with van der Waals surface area (Å²) >= 11 is 0. The maximum Gasteiger partial charge on any atom is 0.202 e. The maximum absolute atomic E-state index is 13.7. The number of nitrogens with zero attached hydrogens (tertiary/aromatic N) is 1. The van der Waals surface area contributed by atoms with Gasteiger partial charge in [-0.05, 0) is 25.0 Å². The molecule has 0 bridgehead atoms. The predicted molar refractivity (Wildman–Crippen MR) is 66.5 cm³/mol. The van der Waals surface area contributed by atoms with E-state index in [2.05, 4.69) is 0 Å². The number of carbonyl (C=O) groups is 1. The van der Waals surface area contributed by atoms with Crippen LogP contribution in [-0.2, 0) is 4.79 Å². The van der Waals surface area contributed by atoms with Gasteiger partial charge in [0.15, 0.2) is 11.6 Å². The van der Waals surface area contributed by atoms with Crippen LogP contribution < -0.4 is 9.64 Å². The number of ether oxygens (including phenoxy) is 1. The number of hydrogen-bond acceptors (Lipinski definition) is 3. The highest BCUT2D eigenvalue weighted by Gasteiger charge is 2.30. The standard InChI is InChI=1S/C14H15F2NO2/c15-11-5-6-12-14(13(11)16)19-8-7-17(12)9-1-3-10(18)4-2-9/h5-6,9H,1-4,7-8H2. The minimum atomic E-state index is -0.922. The number of halogens is 2. The summed E-state index contributed by atoms with van der Waals surface area (Å²) in [6.07, 6.45) is 2.69. The van der Waals surface area contributed by atoms with Crippen molar-refractivity contribution >= 4 is 11.5 Å². The van der Waals surface area contributed by atoms with E-state index in [-0.39, 0.29) is 17.6 Å². The molecule has 1 fully saturated rings. The molecule has 1 aliphatic heterocycles. The molecule has 3 rings (SSSR count). The Morgan fingerprint density at radius 3 is 2.68 bits per heavy atom. The van der Waals surface area contributed by atoms with Gasteiger partial charge in [0.25, 0.3) is 0 Å². The molecule has 0 aromatic heterocycles. The first kappa shape index (κ1) is 12.4. The van der Waals surface area contributed by atoms with E-state index in [1.165, 1.54) is 0 Å². The van der Waals surface area contributed by atoms with Crippen LogP contribution in [0.15, 0.2) is 12.1 Å². The van der Waals surface area contributed by atoms with Crippen molar-refractivity contribution in [3.05, 3.63) is 23.8 Å². The van der Waals surface area contributed by atoms with Gasteiger partial charge >= 0.3 is 0 Å². The number of hydrogen-bond donors (Lipinski definition) is 0. The molecule has 0 radical (unpaired) electrons. The summed E-state index contributed by atoms with van der Waals surface area (Å²) < 4.78 is 32.2. The minimum absolute atomic E-state index is 0.00292. The molecule has 0 atom stereocenters. The molecule has 1 heterocycles. The van der Waals surface area contributed by atoms with Gasteiger partial charge < -0.3 is 9.64 Å². The molecule has 0 saturated heterocycles. The van der Waals surface area contributed by atoms with Gasteiger partial charge in [-0.1, -0.05) is 0 Å². The molecule has 5 heteroatoms. The Hall–Kier alpha value is -1.65. The molecule has 19 heavy (non-hydrogen) atoms. The Morgan fingerprint density at radius 2 is 1.95 bits per heavy atom. The first-order valence-corrected chi connectivity index (χ1v) is 6.56. The number of rotatable bonds is 1. The van der Waals surface area contributed by atoms with Crippen LogP contribution in [-0.4, -0.2) is 25.0 Å². The molecule has 0 amide bonds. The summed E-state index contributed by atoms with van der Waals surface area (Å²) in [5.41, 5.74) is 0.601. The minimum Gasteiger partial charge on any atom is -0.486 e. The average molecular weight is 267 g/mol. The van der Waals surface area contributed by atoms with Crippen molar-refractivity contribution in [1.82, 2.24) is 0 Å². The van der Waals surface area contributed by atoms with Crippen molar-refractivity contribution in [2.75, 3.05) is 18.1 Å². The Balaban J connectivity index is 1.90. The van der Waals surface area contributed by atoms with E-state index in [4.69, 9.17) is 4.74 Å². The predicted octanol–water partition coefficient (Wildman–Crippen LogP) is 2.68. The third kappa shape index (κ3) is 2.17. The van der Waals surface area contributed by atoms with Crippen LogP contribution in [0.25, 0.3) is 0 Å². The molecule has 1 saturated carbocycles. The fourth-order valence-electron chi connectivity index (χ4n) is 2.87. The van der Waals surface area contributed by atoms with Crippen molar-refractivity contribution in [3.63, 3.8) is 0 Å². The van der Waals surface area contributed by atoms with Crippen LogP contribution in [0.2, 0.25) is 0 Å². The van der Waals surface area contributed by atoms with Crippen LogP contribution in [0.5, 0.6) is 5.75 Å². The van der Waals surface area contributed by atoms with Crippen LogP contribution in [0.3, 0.4) is 0 Å². The quantitative estimate of drug-likeness (QED) is 0.783. The van der Waals surface area contributed by atoms with E-state index in [0.717, 1.165) is 18.9 Å². The SMILES string of the molecule is O=C1CCC(N2CCOc3c2ccc(F)c3F)CC1. The molecule has 2 aliphatic rings. The second-order valence-corrected chi connectivity index (χ2v) is 5.02. The summed E-state index contributed by atoms with van der Waals surface area (Å²) in [6, 6.07) is 2.90. The summed E-state index contributed by atoms with van der Waals surface area (Å²) in [7, 11) is 0. The van der Waals surface area contributed by atoms with Gasteiger partial charge in [0.1, 0.15) is 12.4 Å². The third-order valence-electron chi connectivity index (χ3n) is 3.87. The van der Waals surface area contributed by atoms with E-state index in [1.54, 1.807) is 6.07 Å². The number of benzene rings is 1. The average Bonchev–Trinajstić information content (AvgIpc) is 2.43. The van der Waals surface area contributed by atoms with Gasteiger partial charge in [-0.15, -0.1) is 0 Å². The zero-order valence-corrected chi connectivity index (χ0v) is 10.5. The third-order valence-corrected chi connectivity index (χ3v) is 3.87. The molecule has 1 aromatic carbocycles. The van der Waals surface area contributed by atoms with Gasteiger partial charge in [-0.25, -0.2) is 4.39 Å². The maximum atomic E-state index is 13.7. The summed E-state index contributed by atoms with van der Waals surface area (Å²) in [5, 5.41) is 0. The van der Waals surface area contributed by atoms with Crippen LogP contribution in [0.1, 0.15) is 25.7 Å². The first-order valence-electron chi connectivity index (χ1n) is 6.56. The topological polar surface area (TPSA) is 29.5 Å². The molecule has 0 unspecified atom stereocenters. The zero-order chi connectivity index (χ0) is 13.4. The van der Waals surface area contributed by atoms with Gasteiger partial charge in [0, 0.05) is 18.9 Å². The van der Waals surface area contributed by atoms with E-state index in [9.17, 15) is 13.6 Å². The Bertz CT molecular complexity index is 508. The lowest BCUT2D eigenvalue weighted by molar-refractivity contribution is -0.120. The second-order valence-electron chi connectivity index (χ2n) is 5.02. The highest BCUT2D eigenvalue weighted by atomic mass is 19.2. The highest BCUT2D eigenvalue weighted by molar-refractivity contribution is 5.79. The summed E-state index contributed by atoms with van der Waals surface area (Å²) in [5.74, 6) is -1.52. The van der Waals surface area contributed by atoms with Crippen LogP contribution in [0.4, 0.5) is 14.5 Å². The number of fused-ring (bicyclic) bond motifs is 1. The van der Waals surface area contributed by atoms with Gasteiger partial charge in [0.2, 0.25) is 5.82 Å². The number of Topliss-reactive ketones (excluding diaryl/α,β-unsaturated/α-hetero) is 1. The molecule has 3 nitrogen and oxygen atoms in total.